The maximum Gasteiger partial charge on any atom is 0.243 e. The van der Waals surface area contributed by atoms with Gasteiger partial charge in [-0.15, -0.1) is 0 Å². The molecule has 0 spiro atoms. The van der Waals surface area contributed by atoms with Crippen molar-refractivity contribution in [3.63, 3.8) is 0 Å². The second-order valence-electron chi connectivity index (χ2n) is 8.13. The van der Waals surface area contributed by atoms with E-state index in [4.69, 9.17) is 0 Å². The van der Waals surface area contributed by atoms with Crippen molar-refractivity contribution in [2.24, 2.45) is 0 Å². The predicted octanol–water partition coefficient (Wildman–Crippen LogP) is 3.76. The number of piperidine rings is 1. The molecule has 0 radical (unpaired) electrons. The lowest BCUT2D eigenvalue weighted by molar-refractivity contribution is -0.121. The number of amides is 1. The molecule has 0 unspecified atom stereocenters. The van der Waals surface area contributed by atoms with Gasteiger partial charge in [0.1, 0.15) is 0 Å². The van der Waals surface area contributed by atoms with Crippen molar-refractivity contribution in [3.8, 4) is 0 Å². The van der Waals surface area contributed by atoms with Crippen molar-refractivity contribution in [1.82, 2.24) is 9.62 Å². The molecule has 1 aliphatic rings. The minimum Gasteiger partial charge on any atom is -0.352 e. The molecule has 6 nitrogen and oxygen atoms in total. The van der Waals surface area contributed by atoms with Crippen LogP contribution in [0.25, 0.3) is 0 Å². The van der Waals surface area contributed by atoms with Gasteiger partial charge in [0, 0.05) is 38.0 Å². The van der Waals surface area contributed by atoms with Crippen LogP contribution in [0.5, 0.6) is 0 Å². The number of Topliss-reactive ketones (excluding diaryl/α,β-unsaturated/α-hetero) is 1. The Balaban J connectivity index is 1.50. The summed E-state index contributed by atoms with van der Waals surface area (Å²) < 4.78 is 26.9. The Bertz CT molecular complexity index is 1040. The molecule has 2 aromatic carbocycles. The lowest BCUT2D eigenvalue weighted by atomic mass is 9.99. The van der Waals surface area contributed by atoms with Crippen LogP contribution in [0.4, 0.5) is 0 Å². The van der Waals surface area contributed by atoms with Crippen molar-refractivity contribution in [2.75, 3.05) is 13.1 Å². The van der Waals surface area contributed by atoms with Gasteiger partial charge in [0.05, 0.1) is 4.90 Å². The molecule has 1 fully saturated rings. The zero-order valence-corrected chi connectivity index (χ0v) is 19.0. The molecule has 166 valence electrons. The van der Waals surface area contributed by atoms with Crippen LogP contribution in [0, 0.1) is 13.8 Å². The number of benzene rings is 2. The highest BCUT2D eigenvalue weighted by atomic mass is 32.2. The lowest BCUT2D eigenvalue weighted by Gasteiger charge is -2.25. The Morgan fingerprint density at radius 3 is 2.29 bits per heavy atom. The molecule has 2 aromatic rings. The van der Waals surface area contributed by atoms with E-state index >= 15 is 0 Å². The molecule has 0 saturated carbocycles. The molecule has 0 atom stereocenters. The van der Waals surface area contributed by atoms with Crippen LogP contribution < -0.4 is 5.32 Å². The molecule has 7 heteroatoms. The number of aryl methyl sites for hydroxylation is 2. The van der Waals surface area contributed by atoms with Crippen molar-refractivity contribution in [3.05, 3.63) is 64.7 Å². The van der Waals surface area contributed by atoms with E-state index in [0.717, 1.165) is 36.0 Å². The van der Waals surface area contributed by atoms with Gasteiger partial charge in [-0.3, -0.25) is 9.59 Å². The van der Waals surface area contributed by atoms with E-state index in [1.54, 1.807) is 28.6 Å². The monoisotopic (exact) mass is 442 g/mol. The predicted molar refractivity (Wildman–Crippen MR) is 120 cm³/mol. The molecule has 1 amide bonds. The number of ketones is 1. The average molecular weight is 443 g/mol. The number of sulfonamides is 1. The Morgan fingerprint density at radius 1 is 0.935 bits per heavy atom. The van der Waals surface area contributed by atoms with Crippen LogP contribution in [0.1, 0.15) is 59.2 Å². The van der Waals surface area contributed by atoms with Gasteiger partial charge < -0.3 is 5.32 Å². The van der Waals surface area contributed by atoms with Crippen LogP contribution in [-0.2, 0) is 21.4 Å². The Hall–Kier alpha value is -2.51. The normalized spacial score (nSPS) is 14.9. The van der Waals surface area contributed by atoms with Crippen molar-refractivity contribution in [1.29, 1.82) is 0 Å². The second-order valence-corrected chi connectivity index (χ2v) is 10.1. The minimum atomic E-state index is -3.45. The first-order valence-corrected chi connectivity index (χ1v) is 12.2. The van der Waals surface area contributed by atoms with E-state index in [1.807, 2.05) is 32.0 Å². The van der Waals surface area contributed by atoms with Crippen LogP contribution in [0.3, 0.4) is 0 Å². The van der Waals surface area contributed by atoms with Crippen LogP contribution in [-0.4, -0.2) is 37.5 Å². The van der Waals surface area contributed by atoms with Gasteiger partial charge in [-0.2, -0.15) is 4.31 Å². The fourth-order valence-corrected chi connectivity index (χ4v) is 5.24. The van der Waals surface area contributed by atoms with E-state index in [1.165, 1.54) is 0 Å². The maximum atomic E-state index is 12.7. The van der Waals surface area contributed by atoms with Crippen molar-refractivity contribution >= 4 is 21.7 Å². The Labute approximate surface area is 184 Å². The molecule has 0 bridgehead atoms. The molecule has 3 rings (SSSR count). The summed E-state index contributed by atoms with van der Waals surface area (Å²) in [6.45, 7) is 5.26. The maximum absolute atomic E-state index is 12.7. The molecule has 1 aliphatic heterocycles. The standard InChI is InChI=1S/C24H30N2O4S/c1-18-6-7-19(2)22(16-18)23(27)12-13-24(28)25-17-20-8-10-21(11-9-20)31(29,30)26-14-4-3-5-15-26/h6-11,16H,3-5,12-15,17H2,1-2H3,(H,25,28). The van der Waals surface area contributed by atoms with E-state index in [0.29, 0.717) is 25.2 Å². The summed E-state index contributed by atoms with van der Waals surface area (Å²) in [5.41, 5.74) is 3.41. The van der Waals surface area contributed by atoms with Crippen LogP contribution >= 0.6 is 0 Å². The molecule has 31 heavy (non-hydrogen) atoms. The molecule has 0 aliphatic carbocycles. The van der Waals surface area contributed by atoms with Crippen molar-refractivity contribution in [2.45, 2.75) is 57.4 Å². The van der Waals surface area contributed by atoms with E-state index < -0.39 is 10.0 Å². The van der Waals surface area contributed by atoms with Crippen molar-refractivity contribution < 1.29 is 18.0 Å². The summed E-state index contributed by atoms with van der Waals surface area (Å²) in [6.07, 6.45) is 3.14. The first-order chi connectivity index (χ1) is 14.8. The summed E-state index contributed by atoms with van der Waals surface area (Å²) in [6, 6.07) is 12.4. The Kier molecular flexibility index (Phi) is 7.62. The molecule has 1 heterocycles. The molecule has 1 saturated heterocycles. The third-order valence-corrected chi connectivity index (χ3v) is 7.55. The number of carbonyl (C=O) groups excluding carboxylic acids is 2. The van der Waals surface area contributed by atoms with E-state index in [2.05, 4.69) is 5.32 Å². The zero-order valence-electron chi connectivity index (χ0n) is 18.2. The van der Waals surface area contributed by atoms with Crippen LogP contribution in [0.2, 0.25) is 0 Å². The first kappa shape index (κ1) is 23.2. The number of nitrogens with one attached hydrogen (secondary N) is 1. The summed E-state index contributed by atoms with van der Waals surface area (Å²) >= 11 is 0. The van der Waals surface area contributed by atoms with Gasteiger partial charge in [0.15, 0.2) is 5.78 Å². The number of carbonyl (C=O) groups is 2. The van der Waals surface area contributed by atoms with Gasteiger partial charge in [-0.05, 0) is 56.0 Å². The highest BCUT2D eigenvalue weighted by Crippen LogP contribution is 2.21. The number of hydrogen-bond acceptors (Lipinski definition) is 4. The number of hydrogen-bond donors (Lipinski definition) is 1. The van der Waals surface area contributed by atoms with Gasteiger partial charge >= 0.3 is 0 Å². The van der Waals surface area contributed by atoms with E-state index in [9.17, 15) is 18.0 Å². The highest BCUT2D eigenvalue weighted by molar-refractivity contribution is 7.89. The van der Waals surface area contributed by atoms with Gasteiger partial charge in [0.25, 0.3) is 0 Å². The molecular formula is C24H30N2O4S. The molecule has 0 aromatic heterocycles. The number of rotatable bonds is 8. The highest BCUT2D eigenvalue weighted by Gasteiger charge is 2.25. The SMILES string of the molecule is Cc1ccc(C)c(C(=O)CCC(=O)NCc2ccc(S(=O)(=O)N3CCCCC3)cc2)c1. The summed E-state index contributed by atoms with van der Waals surface area (Å²) in [4.78, 5) is 24.9. The lowest BCUT2D eigenvalue weighted by Crippen LogP contribution is -2.35. The summed E-state index contributed by atoms with van der Waals surface area (Å²) in [7, 11) is -3.45. The minimum absolute atomic E-state index is 0.0383. The Morgan fingerprint density at radius 2 is 1.61 bits per heavy atom. The smallest absolute Gasteiger partial charge is 0.243 e. The zero-order chi connectivity index (χ0) is 22.4. The molecule has 1 N–H and O–H groups in total. The fourth-order valence-electron chi connectivity index (χ4n) is 3.72. The topological polar surface area (TPSA) is 83.5 Å². The van der Waals surface area contributed by atoms with Gasteiger partial charge in [-0.1, -0.05) is 36.2 Å². The largest absolute Gasteiger partial charge is 0.352 e. The third-order valence-electron chi connectivity index (χ3n) is 5.64. The van der Waals surface area contributed by atoms with E-state index in [-0.39, 0.29) is 29.4 Å². The molecular weight excluding hydrogens is 412 g/mol. The summed E-state index contributed by atoms with van der Waals surface area (Å²) in [5, 5.41) is 2.80. The first-order valence-electron chi connectivity index (χ1n) is 10.7. The van der Waals surface area contributed by atoms with Gasteiger partial charge in [0.2, 0.25) is 15.9 Å². The quantitative estimate of drug-likeness (QED) is 0.631. The fraction of sp³-hybridized carbons (Fsp3) is 0.417. The third kappa shape index (κ3) is 6.02. The summed E-state index contributed by atoms with van der Waals surface area (Å²) in [5.74, 6) is -0.243. The average Bonchev–Trinajstić information content (AvgIpc) is 2.78. The number of nitrogens with zero attached hydrogens (tertiary/aromatic N) is 1. The van der Waals surface area contributed by atoms with Crippen LogP contribution in [0.15, 0.2) is 47.4 Å². The second kappa shape index (κ2) is 10.2. The van der Waals surface area contributed by atoms with Gasteiger partial charge in [-0.25, -0.2) is 8.42 Å².